The molecule has 0 saturated carbocycles. The van der Waals surface area contributed by atoms with Crippen LogP contribution in [0.25, 0.3) is 6.08 Å². The minimum Gasteiger partial charge on any atom is -0.485 e. The first-order valence-corrected chi connectivity index (χ1v) is 4.71. The molecule has 68 valence electrons. The molecule has 0 aliphatic carbocycles. The predicted molar refractivity (Wildman–Crippen MR) is 54.7 cm³/mol. The van der Waals surface area contributed by atoms with E-state index in [-0.39, 0.29) is 6.10 Å². The van der Waals surface area contributed by atoms with Crippen LogP contribution in [0.1, 0.15) is 19.4 Å². The summed E-state index contributed by atoms with van der Waals surface area (Å²) in [5, 5.41) is 0. The Hall–Kier alpha value is -1.24. The summed E-state index contributed by atoms with van der Waals surface area (Å²) in [6, 6.07) is 8.13. The normalized spacial score (nSPS) is 19.8. The zero-order valence-electron chi connectivity index (χ0n) is 8.03. The number of benzene rings is 1. The molecule has 0 fully saturated rings. The molecule has 1 heteroatoms. The van der Waals surface area contributed by atoms with Crippen molar-refractivity contribution in [3.63, 3.8) is 0 Å². The van der Waals surface area contributed by atoms with E-state index in [9.17, 15) is 0 Å². The van der Waals surface area contributed by atoms with Crippen molar-refractivity contribution >= 4 is 6.08 Å². The molecular weight excluding hydrogens is 160 g/mol. The van der Waals surface area contributed by atoms with Gasteiger partial charge in [0.25, 0.3) is 0 Å². The summed E-state index contributed by atoms with van der Waals surface area (Å²) in [4.78, 5) is 0. The van der Waals surface area contributed by atoms with Crippen LogP contribution in [-0.2, 0) is 0 Å². The Morgan fingerprint density at radius 2 is 2.00 bits per heavy atom. The van der Waals surface area contributed by atoms with Gasteiger partial charge in [0.15, 0.2) is 0 Å². The van der Waals surface area contributed by atoms with E-state index < -0.39 is 0 Å². The third-order valence-corrected chi connectivity index (χ3v) is 2.30. The molecule has 1 unspecified atom stereocenters. The van der Waals surface area contributed by atoms with Gasteiger partial charge in [-0.3, -0.25) is 0 Å². The SMILES string of the molecule is CC(C)C1C=Cc2ccccc2O1. The summed E-state index contributed by atoms with van der Waals surface area (Å²) < 4.78 is 5.81. The van der Waals surface area contributed by atoms with Gasteiger partial charge in [-0.05, 0) is 18.1 Å². The number of hydrogen-bond donors (Lipinski definition) is 0. The third-order valence-electron chi connectivity index (χ3n) is 2.30. The maximum Gasteiger partial charge on any atom is 0.127 e. The molecule has 1 aliphatic heterocycles. The third kappa shape index (κ3) is 1.59. The first-order valence-electron chi connectivity index (χ1n) is 4.71. The lowest BCUT2D eigenvalue weighted by Gasteiger charge is -2.24. The maximum atomic E-state index is 5.81. The molecule has 1 aromatic carbocycles. The van der Waals surface area contributed by atoms with Gasteiger partial charge in [0, 0.05) is 5.56 Å². The molecule has 13 heavy (non-hydrogen) atoms. The van der Waals surface area contributed by atoms with Gasteiger partial charge < -0.3 is 4.74 Å². The fourth-order valence-electron chi connectivity index (χ4n) is 1.47. The minimum atomic E-state index is 0.231. The fourth-order valence-corrected chi connectivity index (χ4v) is 1.47. The topological polar surface area (TPSA) is 9.23 Å². The highest BCUT2D eigenvalue weighted by Gasteiger charge is 2.16. The second-order valence-electron chi connectivity index (χ2n) is 3.72. The van der Waals surface area contributed by atoms with Gasteiger partial charge in [-0.15, -0.1) is 0 Å². The lowest BCUT2D eigenvalue weighted by molar-refractivity contribution is 0.195. The van der Waals surface area contributed by atoms with Crippen molar-refractivity contribution in [3.8, 4) is 5.75 Å². The molecule has 1 atom stereocenters. The van der Waals surface area contributed by atoms with Gasteiger partial charge in [-0.1, -0.05) is 38.1 Å². The molecule has 0 amide bonds. The number of hydrogen-bond acceptors (Lipinski definition) is 1. The number of fused-ring (bicyclic) bond motifs is 1. The first kappa shape index (κ1) is 8.36. The van der Waals surface area contributed by atoms with Crippen molar-refractivity contribution in [2.24, 2.45) is 5.92 Å². The van der Waals surface area contributed by atoms with Crippen LogP contribution < -0.4 is 4.74 Å². The molecule has 0 saturated heterocycles. The standard InChI is InChI=1S/C12H14O/c1-9(2)11-8-7-10-5-3-4-6-12(10)13-11/h3-9,11H,1-2H3. The summed E-state index contributed by atoms with van der Waals surface area (Å²) in [5.41, 5.74) is 1.18. The van der Waals surface area contributed by atoms with E-state index in [4.69, 9.17) is 4.74 Å². The fraction of sp³-hybridized carbons (Fsp3) is 0.333. The van der Waals surface area contributed by atoms with E-state index in [2.05, 4.69) is 32.1 Å². The maximum absolute atomic E-state index is 5.81. The van der Waals surface area contributed by atoms with Crippen LogP contribution in [0, 0.1) is 5.92 Å². The molecule has 0 aromatic heterocycles. The van der Waals surface area contributed by atoms with Crippen molar-refractivity contribution < 1.29 is 4.74 Å². The second-order valence-corrected chi connectivity index (χ2v) is 3.72. The molecule has 1 heterocycles. The monoisotopic (exact) mass is 174 g/mol. The van der Waals surface area contributed by atoms with Crippen molar-refractivity contribution in [2.45, 2.75) is 20.0 Å². The Morgan fingerprint density at radius 3 is 2.77 bits per heavy atom. The summed E-state index contributed by atoms with van der Waals surface area (Å²) in [6.45, 7) is 4.34. The average Bonchev–Trinajstić information content (AvgIpc) is 2.17. The average molecular weight is 174 g/mol. The van der Waals surface area contributed by atoms with E-state index in [1.807, 2.05) is 18.2 Å². The van der Waals surface area contributed by atoms with E-state index in [1.54, 1.807) is 0 Å². The molecule has 1 aromatic rings. The van der Waals surface area contributed by atoms with Crippen LogP contribution in [0.5, 0.6) is 5.75 Å². The minimum absolute atomic E-state index is 0.231. The lowest BCUT2D eigenvalue weighted by Crippen LogP contribution is -2.22. The molecular formula is C12H14O. The highest BCUT2D eigenvalue weighted by molar-refractivity contribution is 5.59. The van der Waals surface area contributed by atoms with Crippen molar-refractivity contribution in [1.29, 1.82) is 0 Å². The van der Waals surface area contributed by atoms with E-state index >= 15 is 0 Å². The quantitative estimate of drug-likeness (QED) is 0.635. The largest absolute Gasteiger partial charge is 0.485 e. The Balaban J connectivity index is 2.29. The van der Waals surface area contributed by atoms with Gasteiger partial charge in [0.2, 0.25) is 0 Å². The van der Waals surface area contributed by atoms with Crippen LogP contribution in [0.4, 0.5) is 0 Å². The summed E-state index contributed by atoms with van der Waals surface area (Å²) in [5.74, 6) is 1.54. The van der Waals surface area contributed by atoms with Gasteiger partial charge in [0.05, 0.1) is 0 Å². The Bertz CT molecular complexity index is 326. The van der Waals surface area contributed by atoms with Crippen LogP contribution >= 0.6 is 0 Å². The van der Waals surface area contributed by atoms with E-state index in [1.165, 1.54) is 5.56 Å². The summed E-state index contributed by atoms with van der Waals surface area (Å²) in [6.07, 6.45) is 4.51. The number of para-hydroxylation sites is 1. The summed E-state index contributed by atoms with van der Waals surface area (Å²) in [7, 11) is 0. The highest BCUT2D eigenvalue weighted by Crippen LogP contribution is 2.27. The Morgan fingerprint density at radius 1 is 1.23 bits per heavy atom. The van der Waals surface area contributed by atoms with Crippen LogP contribution in [0.2, 0.25) is 0 Å². The Labute approximate surface area is 79.0 Å². The molecule has 0 radical (unpaired) electrons. The Kier molecular flexibility index (Phi) is 2.09. The molecule has 0 bridgehead atoms. The highest BCUT2D eigenvalue weighted by atomic mass is 16.5. The lowest BCUT2D eigenvalue weighted by atomic mass is 10.0. The molecule has 1 nitrogen and oxygen atoms in total. The summed E-state index contributed by atoms with van der Waals surface area (Å²) >= 11 is 0. The molecule has 0 N–H and O–H groups in total. The molecule has 1 aliphatic rings. The smallest absolute Gasteiger partial charge is 0.127 e. The van der Waals surface area contributed by atoms with Crippen molar-refractivity contribution in [3.05, 3.63) is 35.9 Å². The number of ether oxygens (including phenoxy) is 1. The van der Waals surface area contributed by atoms with Crippen LogP contribution in [0.15, 0.2) is 30.3 Å². The van der Waals surface area contributed by atoms with Crippen molar-refractivity contribution in [1.82, 2.24) is 0 Å². The predicted octanol–water partition coefficient (Wildman–Crippen LogP) is 3.12. The van der Waals surface area contributed by atoms with Gasteiger partial charge in [-0.25, -0.2) is 0 Å². The second kappa shape index (κ2) is 3.25. The van der Waals surface area contributed by atoms with Crippen molar-refractivity contribution in [2.75, 3.05) is 0 Å². The zero-order chi connectivity index (χ0) is 9.26. The van der Waals surface area contributed by atoms with Crippen LogP contribution in [0.3, 0.4) is 0 Å². The van der Waals surface area contributed by atoms with E-state index in [0.717, 1.165) is 5.75 Å². The first-order chi connectivity index (χ1) is 6.27. The molecule has 2 rings (SSSR count). The van der Waals surface area contributed by atoms with Crippen LogP contribution in [-0.4, -0.2) is 6.10 Å². The van der Waals surface area contributed by atoms with Gasteiger partial charge in [0.1, 0.15) is 11.9 Å². The molecule has 0 spiro atoms. The van der Waals surface area contributed by atoms with E-state index in [0.29, 0.717) is 5.92 Å². The van der Waals surface area contributed by atoms with Gasteiger partial charge in [-0.2, -0.15) is 0 Å². The zero-order valence-corrected chi connectivity index (χ0v) is 8.03. The number of rotatable bonds is 1. The van der Waals surface area contributed by atoms with Gasteiger partial charge >= 0.3 is 0 Å².